The molecule has 0 unspecified atom stereocenters. The molecule has 0 aromatic carbocycles. The molecule has 0 fully saturated rings. The van der Waals surface area contributed by atoms with Crippen molar-refractivity contribution in [2.24, 2.45) is 5.84 Å². The third-order valence-electron chi connectivity index (χ3n) is 2.67. The fraction of sp³-hybridized carbons (Fsp3) is 0.583. The van der Waals surface area contributed by atoms with E-state index in [2.05, 4.69) is 29.2 Å². The number of nitrogens with one attached hydrogen (secondary N) is 1. The molecule has 5 nitrogen and oxygen atoms in total. The quantitative estimate of drug-likeness (QED) is 0.552. The van der Waals surface area contributed by atoms with E-state index in [1.54, 1.807) is 13.3 Å². The maximum Gasteiger partial charge on any atom is 0.140 e. The van der Waals surface area contributed by atoms with Gasteiger partial charge in [0, 0.05) is 32.4 Å². The molecule has 0 saturated carbocycles. The average Bonchev–Trinajstić information content (AvgIpc) is 2.34. The number of nitrogens with zero attached hydrogens (tertiary/aromatic N) is 2. The van der Waals surface area contributed by atoms with Crippen LogP contribution in [0.4, 0.5) is 5.82 Å². The Morgan fingerprint density at radius 3 is 2.88 bits per heavy atom. The van der Waals surface area contributed by atoms with Gasteiger partial charge in [0.25, 0.3) is 0 Å². The van der Waals surface area contributed by atoms with Crippen molar-refractivity contribution in [2.75, 3.05) is 25.7 Å². The number of ether oxygens (including phenoxy) is 1. The molecule has 17 heavy (non-hydrogen) atoms. The van der Waals surface area contributed by atoms with Crippen LogP contribution in [0, 0.1) is 0 Å². The van der Waals surface area contributed by atoms with E-state index in [0.717, 1.165) is 19.7 Å². The Hall–Kier alpha value is -1.17. The maximum atomic E-state index is 5.34. The summed E-state index contributed by atoms with van der Waals surface area (Å²) >= 11 is 0. The second kappa shape index (κ2) is 7.21. The van der Waals surface area contributed by atoms with Crippen molar-refractivity contribution in [1.82, 2.24) is 9.88 Å². The Labute approximate surface area is 103 Å². The van der Waals surface area contributed by atoms with E-state index in [1.807, 2.05) is 12.1 Å². The fourth-order valence-corrected chi connectivity index (χ4v) is 1.61. The summed E-state index contributed by atoms with van der Waals surface area (Å²) in [5.41, 5.74) is 3.75. The summed E-state index contributed by atoms with van der Waals surface area (Å²) < 4.78 is 5.12. The minimum absolute atomic E-state index is 0.479. The monoisotopic (exact) mass is 238 g/mol. The number of rotatable bonds is 7. The van der Waals surface area contributed by atoms with E-state index in [1.165, 1.54) is 5.56 Å². The summed E-state index contributed by atoms with van der Waals surface area (Å²) in [5, 5.41) is 0. The number of nitrogen functional groups attached to an aromatic ring is 1. The van der Waals surface area contributed by atoms with Crippen LogP contribution in [0.15, 0.2) is 18.3 Å². The van der Waals surface area contributed by atoms with Gasteiger partial charge in [-0.25, -0.2) is 10.8 Å². The van der Waals surface area contributed by atoms with Crippen molar-refractivity contribution < 1.29 is 4.74 Å². The lowest BCUT2D eigenvalue weighted by atomic mass is 10.2. The largest absolute Gasteiger partial charge is 0.383 e. The van der Waals surface area contributed by atoms with E-state index in [9.17, 15) is 0 Å². The highest BCUT2D eigenvalue weighted by Gasteiger charge is 2.10. The van der Waals surface area contributed by atoms with E-state index in [-0.39, 0.29) is 0 Å². The molecule has 96 valence electrons. The highest BCUT2D eigenvalue weighted by molar-refractivity contribution is 5.35. The molecule has 1 aromatic heterocycles. The summed E-state index contributed by atoms with van der Waals surface area (Å²) in [5.74, 6) is 6.04. The second-order valence-electron chi connectivity index (χ2n) is 4.25. The number of nitrogens with two attached hydrogens (primary N) is 1. The van der Waals surface area contributed by atoms with Crippen LogP contribution in [0.25, 0.3) is 0 Å². The third-order valence-corrected chi connectivity index (χ3v) is 2.67. The predicted molar refractivity (Wildman–Crippen MR) is 69.5 cm³/mol. The number of hydrogen-bond acceptors (Lipinski definition) is 5. The van der Waals surface area contributed by atoms with Gasteiger partial charge in [0.1, 0.15) is 5.82 Å². The van der Waals surface area contributed by atoms with Gasteiger partial charge in [0.15, 0.2) is 0 Å². The zero-order valence-corrected chi connectivity index (χ0v) is 10.8. The molecule has 5 heteroatoms. The minimum Gasteiger partial charge on any atom is -0.383 e. The number of pyridine rings is 1. The average molecular weight is 238 g/mol. The van der Waals surface area contributed by atoms with Gasteiger partial charge in [-0.1, -0.05) is 0 Å². The second-order valence-corrected chi connectivity index (χ2v) is 4.25. The summed E-state index contributed by atoms with van der Waals surface area (Å²) in [6.45, 7) is 6.89. The number of hydrazine groups is 1. The highest BCUT2D eigenvalue weighted by atomic mass is 16.5. The van der Waals surface area contributed by atoms with Crippen LogP contribution in [-0.4, -0.2) is 36.2 Å². The SMILES string of the molecule is COCCN(Cc1ccnc(NN)c1)C(C)C. The summed E-state index contributed by atoms with van der Waals surface area (Å²) in [7, 11) is 1.72. The molecular formula is C12H22N4O. The Kier molecular flexibility index (Phi) is 5.90. The first-order valence-electron chi connectivity index (χ1n) is 5.82. The molecule has 0 aliphatic rings. The van der Waals surface area contributed by atoms with Crippen LogP contribution in [-0.2, 0) is 11.3 Å². The zero-order valence-electron chi connectivity index (χ0n) is 10.8. The smallest absolute Gasteiger partial charge is 0.140 e. The van der Waals surface area contributed by atoms with Crippen molar-refractivity contribution >= 4 is 5.82 Å². The van der Waals surface area contributed by atoms with E-state index in [0.29, 0.717) is 11.9 Å². The zero-order chi connectivity index (χ0) is 12.7. The van der Waals surface area contributed by atoms with Crippen molar-refractivity contribution in [2.45, 2.75) is 26.4 Å². The van der Waals surface area contributed by atoms with Crippen LogP contribution >= 0.6 is 0 Å². The molecule has 0 aliphatic carbocycles. The number of anilines is 1. The van der Waals surface area contributed by atoms with Gasteiger partial charge >= 0.3 is 0 Å². The maximum absolute atomic E-state index is 5.34. The molecule has 0 spiro atoms. The standard InChI is InChI=1S/C12H22N4O/c1-10(2)16(6-7-17-3)9-11-4-5-14-12(8-11)15-13/h4-5,8,10H,6-7,9,13H2,1-3H3,(H,14,15). The molecule has 0 bridgehead atoms. The summed E-state index contributed by atoms with van der Waals surface area (Å²) in [4.78, 5) is 6.44. The normalized spacial score (nSPS) is 11.2. The predicted octanol–water partition coefficient (Wildman–Crippen LogP) is 1.22. The minimum atomic E-state index is 0.479. The van der Waals surface area contributed by atoms with Gasteiger partial charge in [0.2, 0.25) is 0 Å². The van der Waals surface area contributed by atoms with E-state index < -0.39 is 0 Å². The number of hydrogen-bond donors (Lipinski definition) is 2. The Balaban J connectivity index is 2.64. The highest BCUT2D eigenvalue weighted by Crippen LogP contribution is 2.10. The molecule has 0 radical (unpaired) electrons. The van der Waals surface area contributed by atoms with Crippen molar-refractivity contribution in [3.8, 4) is 0 Å². The number of aromatic nitrogens is 1. The summed E-state index contributed by atoms with van der Waals surface area (Å²) in [6, 6.07) is 4.44. The lowest BCUT2D eigenvalue weighted by molar-refractivity contribution is 0.125. The molecule has 1 heterocycles. The molecule has 3 N–H and O–H groups in total. The molecule has 0 aliphatic heterocycles. The van der Waals surface area contributed by atoms with Gasteiger partial charge in [-0.3, -0.25) is 4.90 Å². The Morgan fingerprint density at radius 2 is 2.29 bits per heavy atom. The summed E-state index contributed by atoms with van der Waals surface area (Å²) in [6.07, 6.45) is 1.76. The molecule has 0 saturated heterocycles. The first-order chi connectivity index (χ1) is 8.17. The van der Waals surface area contributed by atoms with Gasteiger partial charge < -0.3 is 10.2 Å². The van der Waals surface area contributed by atoms with Crippen LogP contribution in [0.1, 0.15) is 19.4 Å². The molecular weight excluding hydrogens is 216 g/mol. The Bertz CT molecular complexity index is 330. The molecule has 0 amide bonds. The Morgan fingerprint density at radius 1 is 1.53 bits per heavy atom. The first kappa shape index (κ1) is 13.9. The van der Waals surface area contributed by atoms with E-state index in [4.69, 9.17) is 10.6 Å². The van der Waals surface area contributed by atoms with Crippen LogP contribution < -0.4 is 11.3 Å². The van der Waals surface area contributed by atoms with Crippen LogP contribution in [0.3, 0.4) is 0 Å². The van der Waals surface area contributed by atoms with Crippen molar-refractivity contribution in [3.05, 3.63) is 23.9 Å². The molecule has 1 aromatic rings. The molecule has 1 rings (SSSR count). The lowest BCUT2D eigenvalue weighted by Crippen LogP contribution is -2.33. The topological polar surface area (TPSA) is 63.4 Å². The van der Waals surface area contributed by atoms with Crippen molar-refractivity contribution in [1.29, 1.82) is 0 Å². The van der Waals surface area contributed by atoms with Gasteiger partial charge in [-0.2, -0.15) is 0 Å². The van der Waals surface area contributed by atoms with Crippen LogP contribution in [0.5, 0.6) is 0 Å². The van der Waals surface area contributed by atoms with Gasteiger partial charge in [-0.05, 0) is 31.5 Å². The number of methoxy groups -OCH3 is 1. The lowest BCUT2D eigenvalue weighted by Gasteiger charge is -2.26. The third kappa shape index (κ3) is 4.68. The molecule has 0 atom stereocenters. The fourth-order valence-electron chi connectivity index (χ4n) is 1.61. The van der Waals surface area contributed by atoms with Crippen LogP contribution in [0.2, 0.25) is 0 Å². The first-order valence-corrected chi connectivity index (χ1v) is 5.82. The van der Waals surface area contributed by atoms with Crippen molar-refractivity contribution in [3.63, 3.8) is 0 Å². The van der Waals surface area contributed by atoms with Gasteiger partial charge in [-0.15, -0.1) is 0 Å². The van der Waals surface area contributed by atoms with E-state index >= 15 is 0 Å². The van der Waals surface area contributed by atoms with Gasteiger partial charge in [0.05, 0.1) is 6.61 Å².